The van der Waals surface area contributed by atoms with Crippen LogP contribution in [-0.2, 0) is 13.0 Å². The van der Waals surface area contributed by atoms with Crippen molar-refractivity contribution in [3.05, 3.63) is 41.5 Å². The Labute approximate surface area is 126 Å². The summed E-state index contributed by atoms with van der Waals surface area (Å²) >= 11 is 0. The van der Waals surface area contributed by atoms with Gasteiger partial charge in [-0.1, -0.05) is 13.0 Å². The summed E-state index contributed by atoms with van der Waals surface area (Å²) < 4.78 is 0. The highest BCUT2D eigenvalue weighted by Crippen LogP contribution is 2.13. The third-order valence-corrected chi connectivity index (χ3v) is 3.05. The second-order valence-electron chi connectivity index (χ2n) is 5.00. The van der Waals surface area contributed by atoms with Gasteiger partial charge in [0.25, 0.3) is 0 Å². The molecule has 2 aromatic rings. The van der Waals surface area contributed by atoms with E-state index in [4.69, 9.17) is 0 Å². The van der Waals surface area contributed by atoms with Crippen LogP contribution >= 0.6 is 0 Å². The average Bonchev–Trinajstić information content (AvgIpc) is 2.47. The third kappa shape index (κ3) is 4.70. The summed E-state index contributed by atoms with van der Waals surface area (Å²) in [7, 11) is 0. The van der Waals surface area contributed by atoms with E-state index in [9.17, 15) is 0 Å². The number of hydrogen-bond donors (Lipinski definition) is 2. The van der Waals surface area contributed by atoms with E-state index in [2.05, 4.69) is 45.5 Å². The highest BCUT2D eigenvalue weighted by atomic mass is 15.1. The molecule has 2 N–H and O–H groups in total. The number of anilines is 2. The number of nitrogens with one attached hydrogen (secondary N) is 2. The summed E-state index contributed by atoms with van der Waals surface area (Å²) in [5.41, 5.74) is 2.17. The van der Waals surface area contributed by atoms with Gasteiger partial charge in [-0.05, 0) is 31.9 Å². The van der Waals surface area contributed by atoms with Crippen molar-refractivity contribution < 1.29 is 0 Å². The molecule has 5 heteroatoms. The first kappa shape index (κ1) is 15.2. The zero-order valence-corrected chi connectivity index (χ0v) is 13.0. The molecule has 0 fully saturated rings. The Bertz CT molecular complexity index is 541. The summed E-state index contributed by atoms with van der Waals surface area (Å²) in [6, 6.07) is 6.04. The van der Waals surface area contributed by atoms with E-state index in [1.807, 2.05) is 25.3 Å². The van der Waals surface area contributed by atoms with Gasteiger partial charge in [0, 0.05) is 37.5 Å². The maximum Gasteiger partial charge on any atom is 0.133 e. The fourth-order valence-corrected chi connectivity index (χ4v) is 1.99. The van der Waals surface area contributed by atoms with Gasteiger partial charge in [0.2, 0.25) is 0 Å². The molecule has 2 aromatic heterocycles. The molecule has 0 aromatic carbocycles. The zero-order valence-electron chi connectivity index (χ0n) is 13.0. The Hall–Kier alpha value is -2.17. The van der Waals surface area contributed by atoms with Crippen molar-refractivity contribution in [1.29, 1.82) is 0 Å². The van der Waals surface area contributed by atoms with E-state index in [-0.39, 0.29) is 0 Å². The van der Waals surface area contributed by atoms with Crippen molar-refractivity contribution >= 4 is 11.6 Å². The Morgan fingerprint density at radius 2 is 1.81 bits per heavy atom. The largest absolute Gasteiger partial charge is 0.370 e. The van der Waals surface area contributed by atoms with Gasteiger partial charge in [0.05, 0.1) is 0 Å². The van der Waals surface area contributed by atoms with Crippen LogP contribution in [-0.4, -0.2) is 21.5 Å². The molecule has 0 saturated heterocycles. The number of nitrogens with zero attached hydrogens (tertiary/aromatic N) is 3. The normalized spacial score (nSPS) is 10.4. The van der Waals surface area contributed by atoms with Crippen LogP contribution in [0.2, 0.25) is 0 Å². The first-order valence-corrected chi connectivity index (χ1v) is 7.48. The van der Waals surface area contributed by atoms with Gasteiger partial charge in [0.1, 0.15) is 17.5 Å². The minimum absolute atomic E-state index is 0.710. The van der Waals surface area contributed by atoms with E-state index in [1.165, 1.54) is 0 Å². The van der Waals surface area contributed by atoms with Crippen molar-refractivity contribution in [1.82, 2.24) is 15.0 Å². The van der Waals surface area contributed by atoms with Crippen molar-refractivity contribution in [3.63, 3.8) is 0 Å². The summed E-state index contributed by atoms with van der Waals surface area (Å²) in [5, 5.41) is 6.60. The third-order valence-electron chi connectivity index (χ3n) is 3.05. The molecule has 0 bridgehead atoms. The minimum atomic E-state index is 0.710. The lowest BCUT2D eigenvalue weighted by molar-refractivity contribution is 0.833. The minimum Gasteiger partial charge on any atom is -0.370 e. The van der Waals surface area contributed by atoms with Crippen LogP contribution in [0.4, 0.5) is 11.6 Å². The second kappa shape index (κ2) is 7.57. The van der Waals surface area contributed by atoms with E-state index in [0.29, 0.717) is 6.54 Å². The molecule has 2 rings (SSSR count). The monoisotopic (exact) mass is 285 g/mol. The molecule has 0 saturated carbocycles. The smallest absolute Gasteiger partial charge is 0.133 e. The number of rotatable bonds is 7. The molecule has 0 aliphatic rings. The van der Waals surface area contributed by atoms with Crippen LogP contribution < -0.4 is 10.6 Å². The standard InChI is InChI=1S/C16H23N5/c1-4-6-14-20-15(17-5-2)9-16(21-14)19-11-13-8-7-12(3)18-10-13/h7-10H,4-6,11H2,1-3H3,(H2,17,19,20,21). The zero-order chi connectivity index (χ0) is 15.1. The van der Waals surface area contributed by atoms with Gasteiger partial charge in [-0.25, -0.2) is 9.97 Å². The lowest BCUT2D eigenvalue weighted by atomic mass is 10.2. The highest BCUT2D eigenvalue weighted by molar-refractivity contribution is 5.47. The van der Waals surface area contributed by atoms with Crippen LogP contribution in [0.5, 0.6) is 0 Å². The van der Waals surface area contributed by atoms with Crippen molar-refractivity contribution in [2.45, 2.75) is 40.2 Å². The Balaban J connectivity index is 2.08. The van der Waals surface area contributed by atoms with E-state index < -0.39 is 0 Å². The number of hydrogen-bond acceptors (Lipinski definition) is 5. The second-order valence-corrected chi connectivity index (χ2v) is 5.00. The molecule has 0 aliphatic carbocycles. The van der Waals surface area contributed by atoms with Crippen LogP contribution in [0.1, 0.15) is 37.4 Å². The molecule has 112 valence electrons. The topological polar surface area (TPSA) is 62.7 Å². The molecule has 0 unspecified atom stereocenters. The maximum atomic E-state index is 4.56. The van der Waals surface area contributed by atoms with E-state index in [0.717, 1.165) is 48.1 Å². The van der Waals surface area contributed by atoms with Crippen LogP contribution in [0.3, 0.4) is 0 Å². The predicted molar refractivity (Wildman–Crippen MR) is 86.5 cm³/mol. The van der Waals surface area contributed by atoms with Crippen LogP contribution in [0.25, 0.3) is 0 Å². The average molecular weight is 285 g/mol. The molecule has 2 heterocycles. The molecule has 0 aliphatic heterocycles. The maximum absolute atomic E-state index is 4.56. The fourth-order valence-electron chi connectivity index (χ4n) is 1.99. The molecule has 21 heavy (non-hydrogen) atoms. The molecule has 0 amide bonds. The van der Waals surface area contributed by atoms with Gasteiger partial charge in [-0.2, -0.15) is 0 Å². The lowest BCUT2D eigenvalue weighted by Gasteiger charge is -2.10. The fraction of sp³-hybridized carbons (Fsp3) is 0.438. The van der Waals surface area contributed by atoms with Crippen LogP contribution in [0, 0.1) is 6.92 Å². The predicted octanol–water partition coefficient (Wildman–Crippen LogP) is 3.18. The summed E-state index contributed by atoms with van der Waals surface area (Å²) in [6.07, 6.45) is 3.82. The first-order chi connectivity index (χ1) is 10.2. The Morgan fingerprint density at radius 1 is 1.05 bits per heavy atom. The van der Waals surface area contributed by atoms with Gasteiger partial charge < -0.3 is 10.6 Å². The quantitative estimate of drug-likeness (QED) is 0.818. The molecule has 0 radical (unpaired) electrons. The lowest BCUT2D eigenvalue weighted by Crippen LogP contribution is -2.08. The number of pyridine rings is 1. The van der Waals surface area contributed by atoms with Gasteiger partial charge in [-0.15, -0.1) is 0 Å². The van der Waals surface area contributed by atoms with Crippen molar-refractivity contribution in [3.8, 4) is 0 Å². The van der Waals surface area contributed by atoms with Crippen molar-refractivity contribution in [2.24, 2.45) is 0 Å². The first-order valence-electron chi connectivity index (χ1n) is 7.48. The molecule has 5 nitrogen and oxygen atoms in total. The Kier molecular flexibility index (Phi) is 5.49. The number of aryl methyl sites for hydroxylation is 2. The van der Waals surface area contributed by atoms with Gasteiger partial charge in [0.15, 0.2) is 0 Å². The molecule has 0 spiro atoms. The SMILES string of the molecule is CCCc1nc(NCC)cc(NCc2ccc(C)nc2)n1. The molecule has 0 atom stereocenters. The number of aromatic nitrogens is 3. The summed E-state index contributed by atoms with van der Waals surface area (Å²) in [6.45, 7) is 7.74. The van der Waals surface area contributed by atoms with Crippen LogP contribution in [0.15, 0.2) is 24.4 Å². The van der Waals surface area contributed by atoms with E-state index >= 15 is 0 Å². The van der Waals surface area contributed by atoms with Gasteiger partial charge in [-0.3, -0.25) is 4.98 Å². The Morgan fingerprint density at radius 3 is 2.43 bits per heavy atom. The summed E-state index contributed by atoms with van der Waals surface area (Å²) in [5.74, 6) is 2.60. The van der Waals surface area contributed by atoms with Crippen molar-refractivity contribution in [2.75, 3.05) is 17.2 Å². The molecular weight excluding hydrogens is 262 g/mol. The molecular formula is C16H23N5. The van der Waals surface area contributed by atoms with E-state index in [1.54, 1.807) is 0 Å². The summed E-state index contributed by atoms with van der Waals surface area (Å²) in [4.78, 5) is 13.4. The highest BCUT2D eigenvalue weighted by Gasteiger charge is 2.04. The van der Waals surface area contributed by atoms with Gasteiger partial charge >= 0.3 is 0 Å².